The Labute approximate surface area is 259 Å². The molecule has 0 aliphatic carbocycles. The standard InChI is InChI=1S/C29H23Br3N2O5S/c1-14(2)38-28(36)25-15(3)33-29-34(26(25)20-12-17(31)6-9-22(20)37-4)27(35)24(40-29)13-18-7-10-23(39-18)19-11-16(30)5-8-21(19)32/h5-14,26H,1-4H3/b24-13-/t26-/m0/s1. The number of nitrogens with zero attached hydrogens (tertiary/aromatic N) is 2. The molecule has 4 aromatic rings. The Morgan fingerprint density at radius 2 is 1.82 bits per heavy atom. The largest absolute Gasteiger partial charge is 0.496 e. The maximum Gasteiger partial charge on any atom is 0.338 e. The lowest BCUT2D eigenvalue weighted by atomic mass is 9.95. The lowest BCUT2D eigenvalue weighted by Crippen LogP contribution is -2.40. The second kappa shape index (κ2) is 11.6. The zero-order valence-electron chi connectivity index (χ0n) is 21.8. The number of allylic oxidation sites excluding steroid dienone is 1. The van der Waals surface area contributed by atoms with Crippen LogP contribution in [0.4, 0.5) is 0 Å². The summed E-state index contributed by atoms with van der Waals surface area (Å²) in [5.74, 6) is 1.16. The molecule has 7 nitrogen and oxygen atoms in total. The smallest absolute Gasteiger partial charge is 0.338 e. The molecular formula is C29H23Br3N2O5S. The Kier molecular flexibility index (Phi) is 8.37. The van der Waals surface area contributed by atoms with E-state index in [9.17, 15) is 9.59 Å². The Morgan fingerprint density at radius 3 is 2.55 bits per heavy atom. The number of fused-ring (bicyclic) bond motifs is 1. The van der Waals surface area contributed by atoms with Crippen LogP contribution < -0.4 is 19.6 Å². The highest BCUT2D eigenvalue weighted by Gasteiger charge is 2.35. The number of aromatic nitrogens is 1. The van der Waals surface area contributed by atoms with Crippen LogP contribution in [0.25, 0.3) is 17.4 Å². The average Bonchev–Trinajstić information content (AvgIpc) is 3.48. The Morgan fingerprint density at radius 1 is 1.10 bits per heavy atom. The van der Waals surface area contributed by atoms with E-state index in [0.29, 0.717) is 37.9 Å². The summed E-state index contributed by atoms with van der Waals surface area (Å²) in [6.45, 7) is 5.31. The molecule has 0 saturated carbocycles. The molecule has 11 heteroatoms. The highest BCUT2D eigenvalue weighted by atomic mass is 79.9. The van der Waals surface area contributed by atoms with Gasteiger partial charge < -0.3 is 13.9 Å². The Bertz CT molecular complexity index is 1850. The molecule has 0 unspecified atom stereocenters. The van der Waals surface area contributed by atoms with E-state index < -0.39 is 12.0 Å². The van der Waals surface area contributed by atoms with Gasteiger partial charge in [-0.15, -0.1) is 0 Å². The van der Waals surface area contributed by atoms with E-state index in [1.165, 1.54) is 15.9 Å². The van der Waals surface area contributed by atoms with Gasteiger partial charge >= 0.3 is 5.97 Å². The van der Waals surface area contributed by atoms with Crippen LogP contribution in [0.15, 0.2) is 87.4 Å². The van der Waals surface area contributed by atoms with Crippen molar-refractivity contribution in [3.05, 3.63) is 104 Å². The molecule has 0 radical (unpaired) electrons. The summed E-state index contributed by atoms with van der Waals surface area (Å²) in [5.41, 5.74) is 1.96. The Balaban J connectivity index is 1.68. The minimum atomic E-state index is -0.804. The third-order valence-corrected chi connectivity index (χ3v) is 8.83. The number of methoxy groups -OCH3 is 1. The predicted molar refractivity (Wildman–Crippen MR) is 165 cm³/mol. The first-order chi connectivity index (χ1) is 19.1. The van der Waals surface area contributed by atoms with Gasteiger partial charge in [-0.25, -0.2) is 9.79 Å². The van der Waals surface area contributed by atoms with Crippen molar-refractivity contribution in [3.8, 4) is 17.1 Å². The van der Waals surface area contributed by atoms with Crippen molar-refractivity contribution in [3.63, 3.8) is 0 Å². The van der Waals surface area contributed by atoms with Gasteiger partial charge in [-0.05, 0) is 69.3 Å². The fraction of sp³-hybridized carbons (Fsp3) is 0.207. The molecule has 40 heavy (non-hydrogen) atoms. The molecule has 1 aliphatic rings. The number of halogens is 3. The van der Waals surface area contributed by atoms with Crippen molar-refractivity contribution >= 4 is 71.2 Å². The van der Waals surface area contributed by atoms with Gasteiger partial charge in [-0.3, -0.25) is 9.36 Å². The third kappa shape index (κ3) is 5.57. The summed E-state index contributed by atoms with van der Waals surface area (Å²) in [7, 11) is 1.55. The maximum absolute atomic E-state index is 14.0. The summed E-state index contributed by atoms with van der Waals surface area (Å²) in [6.07, 6.45) is 1.35. The van der Waals surface area contributed by atoms with E-state index in [2.05, 4.69) is 52.8 Å². The van der Waals surface area contributed by atoms with Gasteiger partial charge in [0.25, 0.3) is 5.56 Å². The topological polar surface area (TPSA) is 83.0 Å². The first-order valence-corrected chi connectivity index (χ1v) is 15.4. The molecule has 2 aromatic carbocycles. The molecule has 0 amide bonds. The molecule has 0 saturated heterocycles. The van der Waals surface area contributed by atoms with Crippen LogP contribution in [0.5, 0.6) is 5.75 Å². The highest BCUT2D eigenvalue weighted by Crippen LogP contribution is 2.37. The molecular weight excluding hydrogens is 728 g/mol. The first kappa shape index (κ1) is 28.8. The van der Waals surface area contributed by atoms with Crippen molar-refractivity contribution in [1.82, 2.24) is 4.57 Å². The number of carbonyl (C=O) groups is 1. The number of ether oxygens (including phenoxy) is 2. The summed E-state index contributed by atoms with van der Waals surface area (Å²) >= 11 is 11.8. The number of thiazole rings is 1. The number of rotatable bonds is 6. The molecule has 0 spiro atoms. The zero-order chi connectivity index (χ0) is 28.7. The van der Waals surface area contributed by atoms with Crippen LogP contribution in [0, 0.1) is 0 Å². The van der Waals surface area contributed by atoms with Gasteiger partial charge in [0.2, 0.25) is 0 Å². The van der Waals surface area contributed by atoms with Crippen LogP contribution in [0.3, 0.4) is 0 Å². The van der Waals surface area contributed by atoms with E-state index in [1.54, 1.807) is 40.0 Å². The molecule has 0 bridgehead atoms. The number of hydrogen-bond donors (Lipinski definition) is 0. The summed E-state index contributed by atoms with van der Waals surface area (Å²) in [6, 6.07) is 14.2. The summed E-state index contributed by atoms with van der Waals surface area (Å²) in [5, 5.41) is 0. The molecule has 1 aliphatic heterocycles. The van der Waals surface area contributed by atoms with Crippen LogP contribution >= 0.6 is 59.1 Å². The quantitative estimate of drug-likeness (QED) is 0.204. The Hall–Kier alpha value is -2.73. The third-order valence-electron chi connectivity index (χ3n) is 6.16. The van der Waals surface area contributed by atoms with Crippen molar-refractivity contribution in [2.24, 2.45) is 4.99 Å². The fourth-order valence-electron chi connectivity index (χ4n) is 4.46. The van der Waals surface area contributed by atoms with Gasteiger partial charge in [0.05, 0.1) is 29.0 Å². The molecule has 0 N–H and O–H groups in total. The van der Waals surface area contributed by atoms with Crippen LogP contribution in [0.1, 0.15) is 38.1 Å². The van der Waals surface area contributed by atoms with Crippen LogP contribution in [-0.4, -0.2) is 23.8 Å². The van der Waals surface area contributed by atoms with Gasteiger partial charge in [-0.2, -0.15) is 0 Å². The normalized spacial score (nSPS) is 15.3. The monoisotopic (exact) mass is 748 g/mol. The van der Waals surface area contributed by atoms with Crippen molar-refractivity contribution in [1.29, 1.82) is 0 Å². The van der Waals surface area contributed by atoms with Gasteiger partial charge in [-0.1, -0.05) is 59.1 Å². The van der Waals surface area contributed by atoms with Crippen molar-refractivity contribution in [2.75, 3.05) is 7.11 Å². The van der Waals surface area contributed by atoms with E-state index in [1.807, 2.05) is 42.5 Å². The average molecular weight is 751 g/mol. The van der Waals surface area contributed by atoms with Gasteiger partial charge in [0.1, 0.15) is 23.3 Å². The molecule has 206 valence electrons. The fourth-order valence-corrected chi connectivity index (χ4v) is 6.67. The molecule has 5 rings (SSSR count). The van der Waals surface area contributed by atoms with Gasteiger partial charge in [0, 0.05) is 30.6 Å². The summed E-state index contributed by atoms with van der Waals surface area (Å²) < 4.78 is 21.9. The second-order valence-electron chi connectivity index (χ2n) is 9.25. The van der Waals surface area contributed by atoms with Crippen LogP contribution in [0.2, 0.25) is 0 Å². The number of hydrogen-bond acceptors (Lipinski definition) is 7. The molecule has 3 heterocycles. The first-order valence-electron chi connectivity index (χ1n) is 12.2. The van der Waals surface area contributed by atoms with Gasteiger partial charge in [0.15, 0.2) is 4.80 Å². The lowest BCUT2D eigenvalue weighted by molar-refractivity contribution is -0.143. The molecule has 1 atom stereocenters. The van der Waals surface area contributed by atoms with Crippen molar-refractivity contribution in [2.45, 2.75) is 32.9 Å². The zero-order valence-corrected chi connectivity index (χ0v) is 27.4. The summed E-state index contributed by atoms with van der Waals surface area (Å²) in [4.78, 5) is 32.4. The maximum atomic E-state index is 14.0. The number of carbonyl (C=O) groups excluding carboxylic acids is 1. The SMILES string of the molecule is COc1ccc(Br)cc1[C@H]1C(C(=O)OC(C)C)=C(C)N=c2s/c(=C\c3ccc(-c4cc(Br)ccc4Br)o3)c(=O)n21. The second-order valence-corrected chi connectivity index (χ2v) is 12.9. The minimum Gasteiger partial charge on any atom is -0.496 e. The van der Waals surface area contributed by atoms with Crippen LogP contribution in [-0.2, 0) is 9.53 Å². The van der Waals surface area contributed by atoms with E-state index in [-0.39, 0.29) is 17.2 Å². The number of benzene rings is 2. The van der Waals surface area contributed by atoms with E-state index in [0.717, 1.165) is 19.0 Å². The minimum absolute atomic E-state index is 0.281. The number of esters is 1. The highest BCUT2D eigenvalue weighted by molar-refractivity contribution is 9.11. The lowest BCUT2D eigenvalue weighted by Gasteiger charge is -2.26. The van der Waals surface area contributed by atoms with Crippen molar-refractivity contribution < 1.29 is 18.7 Å². The molecule has 2 aromatic heterocycles. The molecule has 0 fully saturated rings. The van der Waals surface area contributed by atoms with E-state index in [4.69, 9.17) is 13.9 Å². The predicted octanol–water partition coefficient (Wildman–Crippen LogP) is 6.74. The van der Waals surface area contributed by atoms with E-state index >= 15 is 0 Å². The number of furan rings is 1.